The molecule has 1 aromatic carbocycles. The molecular formula is C14H15N3O3S. The molecule has 1 saturated carbocycles. The van der Waals surface area contributed by atoms with Crippen molar-refractivity contribution >= 4 is 17.7 Å². The van der Waals surface area contributed by atoms with Crippen molar-refractivity contribution in [1.29, 1.82) is 0 Å². The first-order valence-corrected chi connectivity index (χ1v) is 7.73. The van der Waals surface area contributed by atoms with Crippen LogP contribution >= 0.6 is 11.8 Å². The number of aromatic nitrogens is 3. The van der Waals surface area contributed by atoms with Crippen LogP contribution in [0.2, 0.25) is 0 Å². The lowest BCUT2D eigenvalue weighted by molar-refractivity contribution is -0.138. The number of carboxylic acids is 1. The van der Waals surface area contributed by atoms with Crippen molar-refractivity contribution in [2.75, 3.05) is 5.75 Å². The van der Waals surface area contributed by atoms with Gasteiger partial charge < -0.3 is 5.11 Å². The van der Waals surface area contributed by atoms with Crippen LogP contribution < -0.4 is 5.69 Å². The molecule has 0 amide bonds. The zero-order chi connectivity index (χ0) is 14.8. The number of nitrogens with zero attached hydrogens (tertiary/aromatic N) is 2. The van der Waals surface area contributed by atoms with Crippen molar-refractivity contribution < 1.29 is 9.90 Å². The maximum Gasteiger partial charge on any atom is 0.344 e. The highest BCUT2D eigenvalue weighted by Crippen LogP contribution is 2.36. The highest BCUT2D eigenvalue weighted by molar-refractivity contribution is 7.99. The van der Waals surface area contributed by atoms with Crippen LogP contribution in [-0.4, -0.2) is 31.6 Å². The van der Waals surface area contributed by atoms with E-state index in [0.29, 0.717) is 10.9 Å². The van der Waals surface area contributed by atoms with Crippen LogP contribution in [0.15, 0.2) is 40.3 Å². The van der Waals surface area contributed by atoms with Crippen molar-refractivity contribution in [2.45, 2.75) is 30.0 Å². The number of aromatic amines is 1. The van der Waals surface area contributed by atoms with Gasteiger partial charge in [-0.25, -0.2) is 9.89 Å². The molecular weight excluding hydrogens is 290 g/mol. The molecule has 0 radical (unpaired) electrons. The zero-order valence-electron chi connectivity index (χ0n) is 11.2. The van der Waals surface area contributed by atoms with E-state index in [1.54, 1.807) is 16.7 Å². The van der Waals surface area contributed by atoms with Gasteiger partial charge in [-0.2, -0.15) is 0 Å². The number of thioether (sulfide) groups is 1. The first-order valence-electron chi connectivity index (χ1n) is 6.74. The van der Waals surface area contributed by atoms with E-state index in [9.17, 15) is 14.7 Å². The van der Waals surface area contributed by atoms with Gasteiger partial charge >= 0.3 is 11.7 Å². The third kappa shape index (κ3) is 3.02. The molecule has 1 unspecified atom stereocenters. The Morgan fingerprint density at radius 2 is 2.14 bits per heavy atom. The standard InChI is InChI=1S/C14H15N3O3S/c18-12(19)11(9-4-2-1-3-5-9)8-21-14-16-15-13(20)17(14)10-6-7-10/h1-5,10-11H,6-8H2,(H,15,20)(H,18,19). The van der Waals surface area contributed by atoms with Crippen molar-refractivity contribution in [1.82, 2.24) is 14.8 Å². The molecule has 0 saturated heterocycles. The minimum atomic E-state index is -0.871. The summed E-state index contributed by atoms with van der Waals surface area (Å²) in [5.74, 6) is -1.14. The third-order valence-electron chi connectivity index (χ3n) is 3.46. The molecule has 2 N–H and O–H groups in total. The number of benzene rings is 1. The van der Waals surface area contributed by atoms with E-state index in [2.05, 4.69) is 10.2 Å². The Bertz CT molecular complexity index is 691. The summed E-state index contributed by atoms with van der Waals surface area (Å²) in [5.41, 5.74) is 0.542. The average molecular weight is 305 g/mol. The van der Waals surface area contributed by atoms with Crippen LogP contribution in [-0.2, 0) is 4.79 Å². The average Bonchev–Trinajstić information content (AvgIpc) is 3.24. The molecule has 3 rings (SSSR count). The van der Waals surface area contributed by atoms with E-state index in [1.165, 1.54) is 11.8 Å². The minimum Gasteiger partial charge on any atom is -0.481 e. The predicted octanol–water partition coefficient (Wildman–Crippen LogP) is 1.87. The summed E-state index contributed by atoms with van der Waals surface area (Å²) in [6.45, 7) is 0. The molecule has 6 nitrogen and oxygen atoms in total. The number of nitrogens with one attached hydrogen (secondary N) is 1. The monoisotopic (exact) mass is 305 g/mol. The van der Waals surface area contributed by atoms with Gasteiger partial charge in [0.05, 0.1) is 5.92 Å². The molecule has 1 heterocycles. The van der Waals surface area contributed by atoms with Crippen LogP contribution in [0.1, 0.15) is 30.4 Å². The van der Waals surface area contributed by atoms with E-state index in [1.807, 2.05) is 18.2 Å². The van der Waals surface area contributed by atoms with Crippen LogP contribution in [0.5, 0.6) is 0 Å². The van der Waals surface area contributed by atoms with Crippen molar-refractivity contribution in [3.63, 3.8) is 0 Å². The minimum absolute atomic E-state index is 0.216. The lowest BCUT2D eigenvalue weighted by atomic mass is 10.0. The Morgan fingerprint density at radius 1 is 1.43 bits per heavy atom. The van der Waals surface area contributed by atoms with Crippen LogP contribution in [0.25, 0.3) is 0 Å². The Balaban J connectivity index is 1.76. The van der Waals surface area contributed by atoms with E-state index < -0.39 is 11.9 Å². The molecule has 110 valence electrons. The highest BCUT2D eigenvalue weighted by atomic mass is 32.2. The van der Waals surface area contributed by atoms with E-state index in [0.717, 1.165) is 18.4 Å². The van der Waals surface area contributed by atoms with Gasteiger partial charge in [0.1, 0.15) is 0 Å². The largest absolute Gasteiger partial charge is 0.481 e. The van der Waals surface area contributed by atoms with E-state index in [-0.39, 0.29) is 11.7 Å². The first kappa shape index (κ1) is 13.9. The van der Waals surface area contributed by atoms with Gasteiger partial charge in [0, 0.05) is 11.8 Å². The van der Waals surface area contributed by atoms with Gasteiger partial charge in [-0.3, -0.25) is 9.36 Å². The fourth-order valence-corrected chi connectivity index (χ4v) is 3.33. The summed E-state index contributed by atoms with van der Waals surface area (Å²) in [6.07, 6.45) is 1.96. The van der Waals surface area contributed by atoms with Crippen LogP contribution in [0, 0.1) is 0 Å². The fraction of sp³-hybridized carbons (Fsp3) is 0.357. The summed E-state index contributed by atoms with van der Waals surface area (Å²) in [7, 11) is 0. The maximum atomic E-state index is 11.7. The molecule has 1 atom stereocenters. The quantitative estimate of drug-likeness (QED) is 0.795. The summed E-state index contributed by atoms with van der Waals surface area (Å²) in [6, 6.07) is 9.33. The van der Waals surface area contributed by atoms with E-state index >= 15 is 0 Å². The number of hydrogen-bond donors (Lipinski definition) is 2. The first-order chi connectivity index (χ1) is 10.2. The Hall–Kier alpha value is -2.02. The van der Waals surface area contributed by atoms with Gasteiger partial charge in [0.15, 0.2) is 5.16 Å². The smallest absolute Gasteiger partial charge is 0.344 e. The van der Waals surface area contributed by atoms with Gasteiger partial charge in [0.25, 0.3) is 0 Å². The molecule has 0 aliphatic heterocycles. The van der Waals surface area contributed by atoms with Crippen molar-refractivity contribution in [3.8, 4) is 0 Å². The number of carboxylic acid groups (broad SMARTS) is 1. The predicted molar refractivity (Wildman–Crippen MR) is 78.7 cm³/mol. The van der Waals surface area contributed by atoms with E-state index in [4.69, 9.17) is 0 Å². The van der Waals surface area contributed by atoms with Gasteiger partial charge in [-0.05, 0) is 18.4 Å². The molecule has 21 heavy (non-hydrogen) atoms. The van der Waals surface area contributed by atoms with Crippen molar-refractivity contribution in [2.24, 2.45) is 0 Å². The number of H-pyrrole nitrogens is 1. The molecule has 1 aliphatic rings. The SMILES string of the molecule is O=C(O)C(CSc1n[nH]c(=O)n1C1CC1)c1ccccc1. The number of hydrogen-bond acceptors (Lipinski definition) is 4. The summed E-state index contributed by atoms with van der Waals surface area (Å²) in [4.78, 5) is 23.1. The van der Waals surface area contributed by atoms with Gasteiger partial charge in [-0.1, -0.05) is 42.1 Å². The molecule has 1 fully saturated rings. The fourth-order valence-electron chi connectivity index (χ4n) is 2.20. The summed E-state index contributed by atoms with van der Waals surface area (Å²) in [5, 5.41) is 16.4. The number of aliphatic carboxylic acids is 1. The van der Waals surface area contributed by atoms with Crippen LogP contribution in [0.4, 0.5) is 0 Å². The second kappa shape index (κ2) is 5.77. The maximum absolute atomic E-state index is 11.7. The highest BCUT2D eigenvalue weighted by Gasteiger charge is 2.29. The third-order valence-corrected chi connectivity index (χ3v) is 4.51. The normalized spacial score (nSPS) is 15.8. The second-order valence-electron chi connectivity index (χ2n) is 5.03. The summed E-state index contributed by atoms with van der Waals surface area (Å²) >= 11 is 1.31. The van der Waals surface area contributed by atoms with Gasteiger partial charge in [0.2, 0.25) is 0 Å². The Labute approximate surface area is 125 Å². The molecule has 2 aromatic rings. The van der Waals surface area contributed by atoms with Gasteiger partial charge in [-0.15, -0.1) is 5.10 Å². The zero-order valence-corrected chi connectivity index (χ0v) is 12.0. The topological polar surface area (TPSA) is 88.0 Å². The molecule has 7 heteroatoms. The molecule has 1 aliphatic carbocycles. The number of rotatable bonds is 6. The summed E-state index contributed by atoms with van der Waals surface area (Å²) < 4.78 is 1.63. The second-order valence-corrected chi connectivity index (χ2v) is 6.01. The molecule has 0 bridgehead atoms. The molecule has 0 spiro atoms. The Kier molecular flexibility index (Phi) is 3.83. The Morgan fingerprint density at radius 3 is 2.76 bits per heavy atom. The lowest BCUT2D eigenvalue weighted by Gasteiger charge is -2.12. The molecule has 1 aromatic heterocycles. The van der Waals surface area contributed by atoms with Crippen LogP contribution in [0.3, 0.4) is 0 Å². The number of carbonyl (C=O) groups is 1. The van der Waals surface area contributed by atoms with Crippen molar-refractivity contribution in [3.05, 3.63) is 46.4 Å². The lowest BCUT2D eigenvalue weighted by Crippen LogP contribution is -2.17.